The first-order valence-electron chi connectivity index (χ1n) is 4.43. The zero-order valence-electron chi connectivity index (χ0n) is 8.09. The predicted octanol–water partition coefficient (Wildman–Crippen LogP) is 2.65. The van der Waals surface area contributed by atoms with Crippen LogP contribution in [-0.2, 0) is 4.79 Å². The lowest BCUT2D eigenvalue weighted by Crippen LogP contribution is -2.39. The molecule has 0 aliphatic rings. The molecular weight excluding hydrogens is 243 g/mol. The number of rotatable bonds is 3. The van der Waals surface area contributed by atoms with Crippen LogP contribution < -0.4 is 5.32 Å². The Hall–Kier alpha value is -1.23. The van der Waals surface area contributed by atoms with Crippen LogP contribution >= 0.6 is 11.6 Å². The Morgan fingerprint density at radius 1 is 1.31 bits per heavy atom. The molecule has 2 nitrogen and oxygen atoms in total. The highest BCUT2D eigenvalue weighted by molar-refractivity contribution is 6.18. The van der Waals surface area contributed by atoms with Crippen LogP contribution in [0.15, 0.2) is 30.3 Å². The van der Waals surface area contributed by atoms with Crippen molar-refractivity contribution in [1.29, 1.82) is 0 Å². The quantitative estimate of drug-likeness (QED) is 0.822. The Labute approximate surface area is 95.4 Å². The molecule has 0 fully saturated rings. The fourth-order valence-corrected chi connectivity index (χ4v) is 1.39. The van der Waals surface area contributed by atoms with Crippen molar-refractivity contribution in [3.8, 4) is 0 Å². The molecule has 0 aliphatic heterocycles. The number of hydrogen-bond acceptors (Lipinski definition) is 1. The number of nitrogens with one attached hydrogen (secondary N) is 1. The smallest absolute Gasteiger partial charge is 0.340 e. The fraction of sp³-hybridized carbons (Fsp3) is 0.300. The zero-order chi connectivity index (χ0) is 12.2. The summed E-state index contributed by atoms with van der Waals surface area (Å²) in [4.78, 5) is 10.7. The van der Waals surface area contributed by atoms with Crippen LogP contribution in [0.5, 0.6) is 0 Å². The van der Waals surface area contributed by atoms with Crippen LogP contribution in [0.1, 0.15) is 11.6 Å². The number of hydrogen-bond donors (Lipinski definition) is 1. The van der Waals surface area contributed by atoms with E-state index in [4.69, 9.17) is 11.6 Å². The first-order chi connectivity index (χ1) is 7.45. The van der Waals surface area contributed by atoms with E-state index in [-0.39, 0.29) is 5.88 Å². The average Bonchev–Trinajstić information content (AvgIpc) is 2.25. The van der Waals surface area contributed by atoms with E-state index < -0.39 is 18.1 Å². The number of amides is 1. The summed E-state index contributed by atoms with van der Waals surface area (Å²) < 4.78 is 36.0. The van der Waals surface area contributed by atoms with Crippen molar-refractivity contribution in [3.63, 3.8) is 0 Å². The molecule has 1 atom stereocenters. The zero-order valence-corrected chi connectivity index (χ0v) is 8.85. The number of alkyl halides is 4. The minimum absolute atomic E-state index is 0.119. The highest BCUT2D eigenvalue weighted by Gasteiger charge is 2.39. The van der Waals surface area contributed by atoms with Crippen molar-refractivity contribution in [2.75, 3.05) is 5.88 Å². The average molecular weight is 252 g/mol. The molecule has 1 N–H and O–H groups in total. The standard InChI is InChI=1S/C10H9ClF3NO/c11-6-8(7-4-2-1-3-5-7)15-9(16)10(12,13)14/h1-5,8H,6H2,(H,15,16)/t8-/m1/s1. The van der Waals surface area contributed by atoms with E-state index in [0.29, 0.717) is 5.56 Å². The predicted molar refractivity (Wildman–Crippen MR) is 54.1 cm³/mol. The summed E-state index contributed by atoms with van der Waals surface area (Å²) in [6.45, 7) is 0. The second kappa shape index (κ2) is 5.21. The molecule has 0 radical (unpaired) electrons. The molecule has 16 heavy (non-hydrogen) atoms. The lowest BCUT2D eigenvalue weighted by atomic mass is 10.1. The van der Waals surface area contributed by atoms with Crippen LogP contribution in [0.3, 0.4) is 0 Å². The van der Waals surface area contributed by atoms with Gasteiger partial charge in [-0.2, -0.15) is 13.2 Å². The van der Waals surface area contributed by atoms with E-state index in [1.165, 1.54) is 0 Å². The van der Waals surface area contributed by atoms with Crippen molar-refractivity contribution < 1.29 is 18.0 Å². The third-order valence-electron chi connectivity index (χ3n) is 1.92. The van der Waals surface area contributed by atoms with Gasteiger partial charge in [0.15, 0.2) is 0 Å². The molecule has 0 saturated heterocycles. The van der Waals surface area contributed by atoms with E-state index >= 15 is 0 Å². The third kappa shape index (κ3) is 3.41. The van der Waals surface area contributed by atoms with Gasteiger partial charge in [0, 0.05) is 5.88 Å². The molecule has 1 aromatic carbocycles. The molecule has 0 saturated carbocycles. The summed E-state index contributed by atoms with van der Waals surface area (Å²) in [5.74, 6) is -2.10. The Kier molecular flexibility index (Phi) is 4.18. The molecule has 0 aliphatic carbocycles. The lowest BCUT2D eigenvalue weighted by Gasteiger charge is -2.17. The molecule has 6 heteroatoms. The molecule has 0 unspecified atom stereocenters. The maximum Gasteiger partial charge on any atom is 0.471 e. The largest absolute Gasteiger partial charge is 0.471 e. The van der Waals surface area contributed by atoms with E-state index in [9.17, 15) is 18.0 Å². The van der Waals surface area contributed by atoms with E-state index in [1.54, 1.807) is 30.3 Å². The van der Waals surface area contributed by atoms with E-state index in [2.05, 4.69) is 0 Å². The molecule has 0 spiro atoms. The highest BCUT2D eigenvalue weighted by Crippen LogP contribution is 2.19. The van der Waals surface area contributed by atoms with E-state index in [0.717, 1.165) is 0 Å². The Morgan fingerprint density at radius 2 is 1.88 bits per heavy atom. The van der Waals surface area contributed by atoms with Gasteiger partial charge in [0.1, 0.15) is 0 Å². The molecule has 1 aromatic rings. The van der Waals surface area contributed by atoms with Gasteiger partial charge in [-0.05, 0) is 5.56 Å². The van der Waals surface area contributed by atoms with E-state index in [1.807, 2.05) is 5.32 Å². The summed E-state index contributed by atoms with van der Waals surface area (Å²) >= 11 is 5.51. The summed E-state index contributed by atoms with van der Waals surface area (Å²) in [6.07, 6.45) is -4.89. The minimum atomic E-state index is -4.89. The van der Waals surface area contributed by atoms with Gasteiger partial charge >= 0.3 is 12.1 Å². The molecule has 1 amide bonds. The number of carbonyl (C=O) groups is 1. The summed E-state index contributed by atoms with van der Waals surface area (Å²) in [5.41, 5.74) is 0.537. The van der Waals surface area contributed by atoms with Gasteiger partial charge in [0.25, 0.3) is 0 Å². The highest BCUT2D eigenvalue weighted by atomic mass is 35.5. The van der Waals surface area contributed by atoms with Crippen molar-refractivity contribution >= 4 is 17.5 Å². The minimum Gasteiger partial charge on any atom is -0.340 e. The van der Waals surface area contributed by atoms with Gasteiger partial charge in [-0.15, -0.1) is 11.6 Å². The molecule has 0 aromatic heterocycles. The van der Waals surface area contributed by atoms with Gasteiger partial charge in [-0.3, -0.25) is 4.79 Å². The van der Waals surface area contributed by atoms with Gasteiger partial charge in [0.2, 0.25) is 0 Å². The molecule has 0 heterocycles. The van der Waals surface area contributed by atoms with Crippen molar-refractivity contribution in [1.82, 2.24) is 5.32 Å². The second-order valence-electron chi connectivity index (χ2n) is 3.09. The SMILES string of the molecule is O=C(N[C@H](CCl)c1ccccc1)C(F)(F)F. The van der Waals surface area contributed by atoms with Crippen LogP contribution in [0, 0.1) is 0 Å². The van der Waals surface area contributed by atoms with Crippen LogP contribution in [0.25, 0.3) is 0 Å². The van der Waals surface area contributed by atoms with Crippen molar-refractivity contribution in [2.45, 2.75) is 12.2 Å². The molecule has 0 bridgehead atoms. The molecule has 1 rings (SSSR count). The van der Waals surface area contributed by atoms with Gasteiger partial charge in [0.05, 0.1) is 6.04 Å². The topological polar surface area (TPSA) is 29.1 Å². The summed E-state index contributed by atoms with van der Waals surface area (Å²) in [5, 5.41) is 1.83. The Balaban J connectivity index is 2.75. The molecular formula is C10H9ClF3NO. The van der Waals surface area contributed by atoms with Gasteiger partial charge < -0.3 is 5.32 Å². The van der Waals surface area contributed by atoms with Gasteiger partial charge in [-0.1, -0.05) is 30.3 Å². The summed E-state index contributed by atoms with van der Waals surface area (Å²) in [6, 6.07) is 7.41. The Bertz CT molecular complexity index is 353. The summed E-state index contributed by atoms with van der Waals surface area (Å²) in [7, 11) is 0. The number of benzene rings is 1. The first-order valence-corrected chi connectivity index (χ1v) is 4.97. The first kappa shape index (κ1) is 12.8. The molecule has 88 valence electrons. The van der Waals surface area contributed by atoms with Crippen LogP contribution in [-0.4, -0.2) is 18.0 Å². The maximum absolute atomic E-state index is 12.0. The van der Waals surface area contributed by atoms with Crippen molar-refractivity contribution in [2.24, 2.45) is 0 Å². The van der Waals surface area contributed by atoms with Crippen molar-refractivity contribution in [3.05, 3.63) is 35.9 Å². The number of carbonyl (C=O) groups excluding carboxylic acids is 1. The van der Waals surface area contributed by atoms with Crippen LogP contribution in [0.2, 0.25) is 0 Å². The monoisotopic (exact) mass is 251 g/mol. The normalized spacial score (nSPS) is 13.2. The van der Waals surface area contributed by atoms with Crippen LogP contribution in [0.4, 0.5) is 13.2 Å². The lowest BCUT2D eigenvalue weighted by molar-refractivity contribution is -0.174. The fourth-order valence-electron chi connectivity index (χ4n) is 1.14. The maximum atomic E-state index is 12.0. The third-order valence-corrected chi connectivity index (χ3v) is 2.23. The second-order valence-corrected chi connectivity index (χ2v) is 3.40. The number of halogens is 4. The Morgan fingerprint density at radius 3 is 2.31 bits per heavy atom. The van der Waals surface area contributed by atoms with Gasteiger partial charge in [-0.25, -0.2) is 0 Å².